The van der Waals surface area contributed by atoms with Crippen LogP contribution in [-0.2, 0) is 101 Å². The predicted octanol–water partition coefficient (Wildman–Crippen LogP) is 40.0. The maximum Gasteiger partial charge on any atom is 3.00 e. The van der Waals surface area contributed by atoms with E-state index in [0.717, 1.165) is 98.2 Å². The van der Waals surface area contributed by atoms with Crippen LogP contribution in [0, 0.1) is 0 Å². The van der Waals surface area contributed by atoms with Crippen molar-refractivity contribution in [2.24, 2.45) is 0 Å². The second kappa shape index (κ2) is 81.4. The van der Waals surface area contributed by atoms with Gasteiger partial charge in [0.2, 0.25) is 0 Å². The van der Waals surface area contributed by atoms with Crippen molar-refractivity contribution in [3.8, 4) is 0 Å². The first kappa shape index (κ1) is 195. The molecule has 0 rings (SSSR count). The molecule has 0 heterocycles. The second-order valence-corrected chi connectivity index (χ2v) is 93.4. The average molecular weight is 2500 g/mol. The fraction of sp³-hybridized carbons (Fsp3) is 1.00. The first-order chi connectivity index (χ1) is 61.9. The molecule has 0 aliphatic carbocycles. The van der Waals surface area contributed by atoms with Gasteiger partial charge in [-0.15, -0.1) is 104 Å². The topological polar surface area (TPSA) is 189 Å². The molecule has 0 aliphatic rings. The zero-order chi connectivity index (χ0) is 120. The summed E-state index contributed by atoms with van der Waals surface area (Å²) >= 11 is 0. The van der Waals surface area contributed by atoms with E-state index in [1.54, 1.807) is 0 Å². The molecule has 0 aliphatic heterocycles. The molecule has 0 aromatic rings. The van der Waals surface area contributed by atoms with Gasteiger partial charge in [0, 0.05) is 0 Å². The van der Waals surface area contributed by atoms with E-state index in [9.17, 15) is 0 Å². The Morgan fingerprint density at radius 3 is 0.453 bits per heavy atom. The normalized spacial score (nSPS) is 13.4. The van der Waals surface area contributed by atoms with Crippen molar-refractivity contribution < 1.29 is 101 Å². The number of likely N-dealkylation sites (N-methyl/N-ethyl adjacent to an activating group) is 4. The van der Waals surface area contributed by atoms with Crippen LogP contribution >= 0.6 is 0 Å². The summed E-state index contributed by atoms with van der Waals surface area (Å²) in [5.41, 5.74) is 1.47. The fourth-order valence-corrected chi connectivity index (χ4v) is 22.6. The summed E-state index contributed by atoms with van der Waals surface area (Å²) < 4.78 is 0. The van der Waals surface area contributed by atoms with Crippen LogP contribution in [0.1, 0.15) is 456 Å². The molecule has 924 valence electrons. The molecule has 0 aromatic heterocycles. The van der Waals surface area contributed by atoms with Gasteiger partial charge in [0.15, 0.2) is 0 Å². The average Bonchev–Trinajstić information content (AvgIpc) is 0.806. The van der Waals surface area contributed by atoms with Crippen molar-refractivity contribution in [3.05, 3.63) is 61.8 Å². The largest absolute Gasteiger partial charge is 3.00 e. The van der Waals surface area contributed by atoms with Gasteiger partial charge in [0.1, 0.15) is 0 Å². The SMILES string of the molecule is CC(C)(C)[N-]C(C)(C)C.CC(C)(C)[N-]C(C)(C)C.CC(C)(C)[N-]C(C)(C)C.CC(C)(C)[N-]C(C)(C)C.CC(C)(C)[N-]C(C)(C)C.CC(C)(C)[N-]C(C)(C)C.CCN(CC)CC(C)(C)[N-][Si](C)(C)C(C)(C)C.CCN(CC)CCC[N-][Si](C)(C)C(C)(C)C.CCN(CC)CC[N-][Si](C)(C)C(C)(C)C.CN(C)CC(C)(C)[N-][Si](C)(C)C(C)(C)C.CN(C)CCC[N-][Si](C)(C)C(C)(C)C.CN(C)CC[N-][Si](C)(C)C(C)(C)C.[Co+3].[Co+3].[Co+3].[Co+3].[Co+3].[Co+3]. The van der Waals surface area contributed by atoms with E-state index < -0.39 is 49.4 Å². The van der Waals surface area contributed by atoms with Crippen LogP contribution in [-0.4, -0.2) is 303 Å². The Balaban J connectivity index is -0.0000000795. The Hall–Kier alpha value is 3.62. The Labute approximate surface area is 1020 Å². The summed E-state index contributed by atoms with van der Waals surface area (Å²) in [6.07, 6.45) is 2.41. The van der Waals surface area contributed by atoms with Gasteiger partial charge in [0.25, 0.3) is 0 Å². The zero-order valence-corrected chi connectivity index (χ0v) is 130. The molecule has 18 nitrogen and oxygen atoms in total. The van der Waals surface area contributed by atoms with E-state index in [1.165, 1.54) is 19.4 Å². The van der Waals surface area contributed by atoms with Crippen LogP contribution < -0.4 is 0 Å². The Kier molecular flexibility index (Phi) is 106. The molecule has 0 fully saturated rings. The summed E-state index contributed by atoms with van der Waals surface area (Å²) in [5.74, 6) is 0. The quantitative estimate of drug-likeness (QED) is 0.0476. The van der Waals surface area contributed by atoms with Crippen molar-refractivity contribution >= 4 is 49.4 Å². The molecule has 30 heteroatoms. The van der Waals surface area contributed by atoms with Gasteiger partial charge in [-0.2, -0.15) is 0 Å². The summed E-state index contributed by atoms with van der Waals surface area (Å²) in [6.45, 7) is 187. The molecule has 0 spiro atoms. The molecule has 150 heavy (non-hydrogen) atoms. The Bertz CT molecular complexity index is 2780. The molecule has 0 aromatic carbocycles. The maximum atomic E-state index is 5.24. The van der Waals surface area contributed by atoms with Crippen LogP contribution in [0.3, 0.4) is 0 Å². The molecule has 0 amide bonds. The first-order valence-electron chi connectivity index (χ1n) is 56.7. The molecule has 0 atom stereocenters. The van der Waals surface area contributed by atoms with Gasteiger partial charge < -0.3 is 91.2 Å². The Morgan fingerprint density at radius 1 is 0.167 bits per heavy atom. The number of nitrogens with zero attached hydrogens (tertiary/aromatic N) is 18. The van der Waals surface area contributed by atoms with Crippen molar-refractivity contribution in [2.45, 2.75) is 642 Å². The minimum absolute atomic E-state index is 0. The Morgan fingerprint density at radius 2 is 0.313 bits per heavy atom. The van der Waals surface area contributed by atoms with E-state index in [2.05, 4.69) is 625 Å². The molecule has 0 N–H and O–H groups in total. The van der Waals surface area contributed by atoms with Gasteiger partial charge in [0.05, 0.1) is 0 Å². The summed E-state index contributed by atoms with van der Waals surface area (Å²) in [7, 11) is 4.08. The number of hydrogen-bond acceptors (Lipinski definition) is 6. The van der Waals surface area contributed by atoms with Crippen molar-refractivity contribution in [3.63, 3.8) is 0 Å². The molecular weight excluding hydrogens is 2220 g/mol. The second-order valence-electron chi connectivity index (χ2n) is 64.0. The van der Waals surface area contributed by atoms with Gasteiger partial charge in [-0.3, -0.25) is 0 Å². The van der Waals surface area contributed by atoms with Gasteiger partial charge in [-0.1, -0.05) is 614 Å². The molecular formula is C120H282Co6N18Si6+6. The molecule has 0 saturated heterocycles. The van der Waals surface area contributed by atoms with E-state index >= 15 is 0 Å². The third kappa shape index (κ3) is 138. The first-order valence-corrected chi connectivity index (χ1v) is 74.3. The number of rotatable bonds is 32. The van der Waals surface area contributed by atoms with Crippen LogP contribution in [0.4, 0.5) is 0 Å². The van der Waals surface area contributed by atoms with Crippen LogP contribution in [0.2, 0.25) is 109 Å². The van der Waals surface area contributed by atoms with E-state index in [0.29, 0.717) is 30.2 Å². The standard InChI is InChI=1S/C14H33N2Si.C13H31N2Si.2C12H29N2Si.C11H27N2Si.C10H25N2Si.6C8H18N.6Co/c1-10-16(11-2)12-14(6,7)15-17(8,9)13(3,4)5;1-8-15(9-2)12-10-11-14-16(6,7)13(3,4)5;1-11(2,3)15(8,9)13-12(4,5)10-14(6)7;1-8-14(9-2)11-10-13-15(6,7)12(3,4)5;1-11(2,3)14(6,7)12-9-8-10-13(4)5;1-10(2,3)13(6,7)11-8-9-12(4)5;6*1-7(2,3)9-8(4,5)6;;;;;;/h10-12H2,1-9H3;8-12H2,1-7H3;10H2,1-9H3;8-11H2,1-7H3;8-10H2,1-7H3;8-9H2,1-7H3;6*1-6H3;;;;;;/q12*-1;6*+3. The van der Waals surface area contributed by atoms with Gasteiger partial charge in [-0.25, -0.2) is 0 Å². The third-order valence-electron chi connectivity index (χ3n) is 24.6. The van der Waals surface area contributed by atoms with Crippen molar-refractivity contribution in [1.82, 2.24) is 29.4 Å². The molecule has 0 radical (unpaired) electrons. The molecule has 0 bridgehead atoms. The summed E-state index contributed by atoms with van der Waals surface area (Å²) in [6, 6.07) is 0. The monoisotopic (exact) mass is 2500 g/mol. The smallest absolute Gasteiger partial charge is 0.664 e. The molecule has 0 unspecified atom stereocenters. The maximum absolute atomic E-state index is 5.24. The van der Waals surface area contributed by atoms with Crippen molar-refractivity contribution in [2.75, 3.05) is 147 Å². The number of hydrogen-bond donors (Lipinski definition) is 0. The van der Waals surface area contributed by atoms with Crippen molar-refractivity contribution in [1.29, 1.82) is 0 Å². The van der Waals surface area contributed by atoms with E-state index in [1.807, 2.05) is 0 Å². The minimum atomic E-state index is -1.53. The summed E-state index contributed by atoms with van der Waals surface area (Å²) in [5, 5.41) is 29.5. The third-order valence-corrected chi connectivity index (χ3v) is 53.0. The fourth-order valence-electron chi connectivity index (χ4n) is 14.2. The van der Waals surface area contributed by atoms with E-state index in [4.69, 9.17) is 29.9 Å². The molecule has 0 saturated carbocycles. The summed E-state index contributed by atoms with van der Waals surface area (Å²) in [4.78, 5) is 44.1. The van der Waals surface area contributed by atoms with Crippen LogP contribution in [0.15, 0.2) is 0 Å². The zero-order valence-electron chi connectivity index (χ0n) is 118. The van der Waals surface area contributed by atoms with E-state index in [-0.39, 0.29) is 178 Å². The van der Waals surface area contributed by atoms with Gasteiger partial charge in [-0.05, 0) is 121 Å². The van der Waals surface area contributed by atoms with Crippen LogP contribution in [0.5, 0.6) is 0 Å². The van der Waals surface area contributed by atoms with Gasteiger partial charge >= 0.3 is 101 Å². The minimum Gasteiger partial charge on any atom is -0.664 e. The predicted molar refractivity (Wildman–Crippen MR) is 696 cm³/mol. The van der Waals surface area contributed by atoms with Crippen LogP contribution in [0.25, 0.3) is 61.8 Å².